The van der Waals surface area contributed by atoms with Crippen molar-refractivity contribution in [2.24, 2.45) is 0 Å². The van der Waals surface area contributed by atoms with Crippen LogP contribution in [0, 0.1) is 0 Å². The maximum absolute atomic E-state index is 13.3. The molecule has 1 saturated carbocycles. The fourth-order valence-corrected chi connectivity index (χ4v) is 4.43. The van der Waals surface area contributed by atoms with Gasteiger partial charge in [-0.05, 0) is 48.6 Å². The van der Waals surface area contributed by atoms with E-state index in [4.69, 9.17) is 23.2 Å². The van der Waals surface area contributed by atoms with Gasteiger partial charge in [-0.1, -0.05) is 73.3 Å². The molecule has 0 heterocycles. The molecule has 0 radical (unpaired) electrons. The molecule has 1 aliphatic carbocycles. The Bertz CT molecular complexity index is 881. The van der Waals surface area contributed by atoms with Crippen LogP contribution in [0.25, 0.3) is 0 Å². The second-order valence-electron chi connectivity index (χ2n) is 7.83. The average molecular weight is 447 g/mol. The summed E-state index contributed by atoms with van der Waals surface area (Å²) >= 11 is 12.5. The first-order valence-electron chi connectivity index (χ1n) is 10.6. The minimum atomic E-state index is -0.548. The molecule has 0 aromatic heterocycles. The van der Waals surface area contributed by atoms with Gasteiger partial charge in [0.2, 0.25) is 11.8 Å². The maximum Gasteiger partial charge on any atom is 0.243 e. The van der Waals surface area contributed by atoms with Gasteiger partial charge in [0.1, 0.15) is 6.04 Å². The van der Waals surface area contributed by atoms with Crippen LogP contribution >= 0.6 is 23.2 Å². The van der Waals surface area contributed by atoms with Gasteiger partial charge >= 0.3 is 0 Å². The van der Waals surface area contributed by atoms with Crippen molar-refractivity contribution in [1.29, 1.82) is 0 Å². The highest BCUT2D eigenvalue weighted by molar-refractivity contribution is 6.31. The number of halogens is 2. The van der Waals surface area contributed by atoms with Gasteiger partial charge in [0.05, 0.1) is 6.42 Å². The lowest BCUT2D eigenvalue weighted by Crippen LogP contribution is -2.51. The predicted molar refractivity (Wildman–Crippen MR) is 122 cm³/mol. The van der Waals surface area contributed by atoms with Crippen molar-refractivity contribution >= 4 is 35.0 Å². The van der Waals surface area contributed by atoms with E-state index in [1.807, 2.05) is 37.3 Å². The van der Waals surface area contributed by atoms with Gasteiger partial charge in [0, 0.05) is 22.6 Å². The molecule has 6 heteroatoms. The van der Waals surface area contributed by atoms with Crippen LogP contribution in [0.2, 0.25) is 10.0 Å². The van der Waals surface area contributed by atoms with E-state index in [1.165, 1.54) is 0 Å². The molecule has 4 nitrogen and oxygen atoms in total. The van der Waals surface area contributed by atoms with Gasteiger partial charge in [-0.2, -0.15) is 0 Å². The predicted octanol–water partition coefficient (Wildman–Crippen LogP) is 5.40. The summed E-state index contributed by atoms with van der Waals surface area (Å²) in [6, 6.07) is 14.4. The third-order valence-corrected chi connectivity index (χ3v) is 6.23. The van der Waals surface area contributed by atoms with Crippen molar-refractivity contribution in [3.05, 3.63) is 69.7 Å². The first-order chi connectivity index (χ1) is 14.5. The van der Waals surface area contributed by atoms with Crippen LogP contribution in [0.3, 0.4) is 0 Å². The Morgan fingerprint density at radius 1 is 1.10 bits per heavy atom. The van der Waals surface area contributed by atoms with Crippen molar-refractivity contribution in [2.45, 2.75) is 64.1 Å². The number of nitrogens with zero attached hydrogens (tertiary/aromatic N) is 1. The Morgan fingerprint density at radius 3 is 2.50 bits per heavy atom. The highest BCUT2D eigenvalue weighted by Gasteiger charge is 2.30. The van der Waals surface area contributed by atoms with Crippen LogP contribution < -0.4 is 5.32 Å². The van der Waals surface area contributed by atoms with Crippen LogP contribution in [0.15, 0.2) is 48.5 Å². The molecule has 30 heavy (non-hydrogen) atoms. The van der Waals surface area contributed by atoms with E-state index in [2.05, 4.69) is 5.32 Å². The third-order valence-electron chi connectivity index (χ3n) is 5.63. The zero-order chi connectivity index (χ0) is 21.5. The van der Waals surface area contributed by atoms with Gasteiger partial charge in [-0.15, -0.1) is 0 Å². The van der Waals surface area contributed by atoms with Crippen LogP contribution in [-0.2, 0) is 22.6 Å². The van der Waals surface area contributed by atoms with Crippen molar-refractivity contribution in [2.75, 3.05) is 0 Å². The fraction of sp³-hybridized carbons (Fsp3) is 0.417. The van der Waals surface area contributed by atoms with Crippen molar-refractivity contribution in [3.63, 3.8) is 0 Å². The van der Waals surface area contributed by atoms with Gasteiger partial charge in [0.25, 0.3) is 0 Å². The van der Waals surface area contributed by atoms with Crippen molar-refractivity contribution in [1.82, 2.24) is 10.2 Å². The quantitative estimate of drug-likeness (QED) is 0.589. The van der Waals surface area contributed by atoms with E-state index >= 15 is 0 Å². The SMILES string of the molecule is CCC(C(=O)NC1CCCC1)N(Cc1ccccc1Cl)C(=O)Cc1cccc(Cl)c1. The molecule has 1 atom stereocenters. The molecule has 160 valence electrons. The molecular formula is C24H28Cl2N2O2. The number of benzene rings is 2. The summed E-state index contributed by atoms with van der Waals surface area (Å²) in [5, 5.41) is 4.33. The summed E-state index contributed by atoms with van der Waals surface area (Å²) in [4.78, 5) is 28.1. The summed E-state index contributed by atoms with van der Waals surface area (Å²) < 4.78 is 0. The molecule has 1 fully saturated rings. The molecule has 0 bridgehead atoms. The zero-order valence-corrected chi connectivity index (χ0v) is 18.8. The Labute approximate surface area is 188 Å². The molecule has 2 amide bonds. The average Bonchev–Trinajstić information content (AvgIpc) is 3.22. The second kappa shape index (κ2) is 10.8. The molecule has 2 aromatic rings. The molecule has 1 N–H and O–H groups in total. The number of hydrogen-bond acceptors (Lipinski definition) is 2. The summed E-state index contributed by atoms with van der Waals surface area (Å²) in [5.74, 6) is -0.207. The lowest BCUT2D eigenvalue weighted by Gasteiger charge is -2.32. The van der Waals surface area contributed by atoms with E-state index in [-0.39, 0.29) is 30.8 Å². The molecule has 1 aliphatic rings. The molecule has 0 aliphatic heterocycles. The molecule has 2 aromatic carbocycles. The van der Waals surface area contributed by atoms with E-state index < -0.39 is 6.04 Å². The molecule has 3 rings (SSSR count). The van der Waals surface area contributed by atoms with E-state index in [9.17, 15) is 9.59 Å². The van der Waals surface area contributed by atoms with Crippen molar-refractivity contribution in [3.8, 4) is 0 Å². The monoisotopic (exact) mass is 446 g/mol. The van der Waals surface area contributed by atoms with E-state index in [1.54, 1.807) is 23.1 Å². The van der Waals surface area contributed by atoms with Gasteiger partial charge in [0.15, 0.2) is 0 Å². The summed E-state index contributed by atoms with van der Waals surface area (Å²) in [6.07, 6.45) is 4.99. The Morgan fingerprint density at radius 2 is 1.83 bits per heavy atom. The standard InChI is InChI=1S/C24H28Cl2N2O2/c1-2-22(24(30)27-20-11-4-5-12-20)28(16-18-9-3-6-13-21(18)26)23(29)15-17-8-7-10-19(25)14-17/h3,6-10,13-14,20,22H,2,4-5,11-12,15-16H2,1H3,(H,27,30). The molecule has 1 unspecified atom stereocenters. The minimum absolute atomic E-state index is 0.0871. The largest absolute Gasteiger partial charge is 0.352 e. The summed E-state index contributed by atoms with van der Waals surface area (Å²) in [5.41, 5.74) is 1.65. The second-order valence-corrected chi connectivity index (χ2v) is 8.68. The molecule has 0 spiro atoms. The fourth-order valence-electron chi connectivity index (χ4n) is 4.02. The number of nitrogens with one attached hydrogen (secondary N) is 1. The molecular weight excluding hydrogens is 419 g/mol. The van der Waals surface area contributed by atoms with Gasteiger partial charge in [-0.25, -0.2) is 0 Å². The van der Waals surface area contributed by atoms with Crippen LogP contribution in [0.4, 0.5) is 0 Å². The first kappa shape index (κ1) is 22.6. The number of hydrogen-bond donors (Lipinski definition) is 1. The van der Waals surface area contributed by atoms with Gasteiger partial charge < -0.3 is 10.2 Å². The summed E-state index contributed by atoms with van der Waals surface area (Å²) in [7, 11) is 0. The van der Waals surface area contributed by atoms with Crippen LogP contribution in [-0.4, -0.2) is 28.8 Å². The van der Waals surface area contributed by atoms with E-state index in [0.29, 0.717) is 16.5 Å². The first-order valence-corrected chi connectivity index (χ1v) is 11.3. The number of amides is 2. The normalized spacial score (nSPS) is 15.0. The Balaban J connectivity index is 1.83. The third kappa shape index (κ3) is 5.99. The highest BCUT2D eigenvalue weighted by atomic mass is 35.5. The molecule has 0 saturated heterocycles. The minimum Gasteiger partial charge on any atom is -0.352 e. The lowest BCUT2D eigenvalue weighted by atomic mass is 10.1. The number of carbonyl (C=O) groups excluding carboxylic acids is 2. The number of carbonyl (C=O) groups is 2. The number of rotatable bonds is 8. The Hall–Kier alpha value is -2.04. The van der Waals surface area contributed by atoms with Crippen LogP contribution in [0.1, 0.15) is 50.2 Å². The highest BCUT2D eigenvalue weighted by Crippen LogP contribution is 2.22. The van der Waals surface area contributed by atoms with E-state index in [0.717, 1.165) is 36.8 Å². The van der Waals surface area contributed by atoms with Gasteiger partial charge in [-0.3, -0.25) is 9.59 Å². The lowest BCUT2D eigenvalue weighted by molar-refractivity contribution is -0.141. The van der Waals surface area contributed by atoms with Crippen LogP contribution in [0.5, 0.6) is 0 Å². The maximum atomic E-state index is 13.3. The summed E-state index contributed by atoms with van der Waals surface area (Å²) in [6.45, 7) is 2.22. The van der Waals surface area contributed by atoms with Crippen molar-refractivity contribution < 1.29 is 9.59 Å². The smallest absolute Gasteiger partial charge is 0.243 e. The zero-order valence-electron chi connectivity index (χ0n) is 17.2. The Kier molecular flexibility index (Phi) is 8.17. The topological polar surface area (TPSA) is 49.4 Å².